The number of hydrogen-bond donors (Lipinski definition) is 1. The van der Waals surface area contributed by atoms with Crippen LogP contribution in [0.3, 0.4) is 0 Å². The van der Waals surface area contributed by atoms with E-state index in [4.69, 9.17) is 9.15 Å². The number of furan rings is 1. The largest absolute Gasteiger partial charge is 0.449 e. The van der Waals surface area contributed by atoms with Crippen LogP contribution in [-0.4, -0.2) is 23.8 Å². The number of anilines is 1. The number of carbonyl (C=O) groups excluding carboxylic acids is 3. The molecule has 6 heteroatoms. The lowest BCUT2D eigenvalue weighted by atomic mass is 10.0. The highest BCUT2D eigenvalue weighted by atomic mass is 16.6. The molecule has 0 aliphatic carbocycles. The monoisotopic (exact) mass is 421 g/mol. The van der Waals surface area contributed by atoms with Crippen LogP contribution in [0.5, 0.6) is 0 Å². The number of benzene rings is 2. The molecule has 0 saturated carbocycles. The first-order valence-corrected chi connectivity index (χ1v) is 10.4. The minimum Gasteiger partial charge on any atom is -0.449 e. The topological polar surface area (TPSA) is 85.6 Å². The van der Waals surface area contributed by atoms with E-state index in [1.165, 1.54) is 12.5 Å². The van der Waals surface area contributed by atoms with Crippen molar-refractivity contribution in [2.75, 3.05) is 5.32 Å². The highest BCUT2D eigenvalue weighted by Gasteiger charge is 2.24. The van der Waals surface area contributed by atoms with Gasteiger partial charge in [-0.2, -0.15) is 0 Å². The number of amides is 1. The second kappa shape index (κ2) is 9.60. The van der Waals surface area contributed by atoms with E-state index in [0.29, 0.717) is 29.7 Å². The van der Waals surface area contributed by atoms with Crippen molar-refractivity contribution in [2.24, 2.45) is 0 Å². The van der Waals surface area contributed by atoms with E-state index in [0.717, 1.165) is 17.4 Å². The van der Waals surface area contributed by atoms with E-state index in [1.807, 2.05) is 36.4 Å². The first-order chi connectivity index (χ1) is 14.8. The maximum Gasteiger partial charge on any atom is 0.375 e. The summed E-state index contributed by atoms with van der Waals surface area (Å²) in [5.41, 5.74) is 4.01. The third kappa shape index (κ3) is 5.40. The molecular weight excluding hydrogens is 394 g/mol. The highest BCUT2D eigenvalue weighted by Crippen LogP contribution is 2.27. The molecule has 162 valence electrons. The second-order valence-corrected chi connectivity index (χ2v) is 7.68. The van der Waals surface area contributed by atoms with Crippen molar-refractivity contribution in [1.29, 1.82) is 0 Å². The van der Waals surface area contributed by atoms with Gasteiger partial charge in [-0.25, -0.2) is 4.79 Å². The van der Waals surface area contributed by atoms with Crippen LogP contribution in [0.25, 0.3) is 11.0 Å². The van der Waals surface area contributed by atoms with Gasteiger partial charge in [0, 0.05) is 23.1 Å². The van der Waals surface area contributed by atoms with Crippen molar-refractivity contribution in [2.45, 2.75) is 53.1 Å². The summed E-state index contributed by atoms with van der Waals surface area (Å²) in [6.07, 6.45) is 1.02. The molecule has 0 radical (unpaired) electrons. The quantitative estimate of drug-likeness (QED) is 0.517. The molecular formula is C25H27NO5. The number of fused-ring (bicyclic) bond motifs is 1. The van der Waals surface area contributed by atoms with Crippen molar-refractivity contribution < 1.29 is 23.5 Å². The third-order valence-electron chi connectivity index (χ3n) is 5.23. The summed E-state index contributed by atoms with van der Waals surface area (Å²) in [5.74, 6) is -0.909. The summed E-state index contributed by atoms with van der Waals surface area (Å²) < 4.78 is 11.0. The van der Waals surface area contributed by atoms with E-state index < -0.39 is 18.0 Å². The summed E-state index contributed by atoms with van der Waals surface area (Å²) in [5, 5.41) is 3.54. The standard InChI is InChI=1S/C25H27NO5/c1-5-18-8-11-20(12-9-18)26-24(28)17(4)30-25(29)23-16(3)21-14-19(7-6-15(2)27)10-13-22(21)31-23/h8-14,17H,5-7H2,1-4H3,(H,26,28)/t17-/m1/s1. The molecule has 0 bridgehead atoms. The Balaban J connectivity index is 1.69. The Hall–Kier alpha value is -3.41. The van der Waals surface area contributed by atoms with Gasteiger partial charge in [0.15, 0.2) is 6.10 Å². The van der Waals surface area contributed by atoms with Crippen LogP contribution in [-0.2, 0) is 27.2 Å². The lowest BCUT2D eigenvalue weighted by molar-refractivity contribution is -0.123. The Bertz CT molecular complexity index is 1110. The molecule has 0 aliphatic rings. The fraction of sp³-hybridized carbons (Fsp3) is 0.320. The zero-order chi connectivity index (χ0) is 22.5. The normalized spacial score (nSPS) is 11.9. The number of aryl methyl sites for hydroxylation is 3. The molecule has 3 aromatic rings. The van der Waals surface area contributed by atoms with Gasteiger partial charge in [-0.1, -0.05) is 25.1 Å². The SMILES string of the molecule is CCc1ccc(NC(=O)[C@@H](C)OC(=O)c2oc3ccc(CCC(C)=O)cc3c2C)cc1. The predicted molar refractivity (Wildman–Crippen MR) is 119 cm³/mol. The minimum atomic E-state index is -0.989. The summed E-state index contributed by atoms with van der Waals surface area (Å²) >= 11 is 0. The lowest BCUT2D eigenvalue weighted by Crippen LogP contribution is -2.30. The summed E-state index contributed by atoms with van der Waals surface area (Å²) in [7, 11) is 0. The maximum atomic E-state index is 12.6. The molecule has 1 heterocycles. The average molecular weight is 421 g/mol. The predicted octanol–water partition coefficient (Wildman–Crippen LogP) is 5.01. The third-order valence-corrected chi connectivity index (χ3v) is 5.23. The number of ketones is 1. The molecule has 0 saturated heterocycles. The molecule has 0 aliphatic heterocycles. The smallest absolute Gasteiger partial charge is 0.375 e. The summed E-state index contributed by atoms with van der Waals surface area (Å²) in [6, 6.07) is 13.1. The Morgan fingerprint density at radius 3 is 2.39 bits per heavy atom. The number of carbonyl (C=O) groups is 3. The molecule has 1 aromatic heterocycles. The van der Waals surface area contributed by atoms with Crippen molar-refractivity contribution in [3.05, 3.63) is 64.9 Å². The van der Waals surface area contributed by atoms with Gasteiger partial charge < -0.3 is 19.3 Å². The van der Waals surface area contributed by atoms with Gasteiger partial charge in [0.2, 0.25) is 5.76 Å². The van der Waals surface area contributed by atoms with Crippen LogP contribution in [0.2, 0.25) is 0 Å². The first kappa shape index (κ1) is 22.3. The Labute approximate surface area is 181 Å². The van der Waals surface area contributed by atoms with E-state index in [-0.39, 0.29) is 11.5 Å². The number of nitrogens with one attached hydrogen (secondary N) is 1. The van der Waals surface area contributed by atoms with Gasteiger partial charge in [-0.3, -0.25) is 4.79 Å². The highest BCUT2D eigenvalue weighted by molar-refractivity contribution is 5.99. The van der Waals surface area contributed by atoms with E-state index in [1.54, 1.807) is 19.9 Å². The molecule has 3 rings (SSSR count). The van der Waals surface area contributed by atoms with E-state index in [2.05, 4.69) is 12.2 Å². The van der Waals surface area contributed by atoms with Gasteiger partial charge in [0.05, 0.1) is 0 Å². The van der Waals surface area contributed by atoms with Crippen molar-refractivity contribution >= 4 is 34.3 Å². The van der Waals surface area contributed by atoms with Crippen molar-refractivity contribution in [3.8, 4) is 0 Å². The fourth-order valence-electron chi connectivity index (χ4n) is 3.27. The minimum absolute atomic E-state index is 0.0747. The lowest BCUT2D eigenvalue weighted by Gasteiger charge is -2.13. The van der Waals surface area contributed by atoms with Crippen LogP contribution >= 0.6 is 0 Å². The van der Waals surface area contributed by atoms with E-state index in [9.17, 15) is 14.4 Å². The number of ether oxygens (including phenoxy) is 1. The van der Waals surface area contributed by atoms with Crippen LogP contribution in [0.1, 0.15) is 54.4 Å². The fourth-order valence-corrected chi connectivity index (χ4v) is 3.27. The molecule has 0 spiro atoms. The maximum absolute atomic E-state index is 12.6. The number of Topliss-reactive ketones (excluding diaryl/α,β-unsaturated/α-hetero) is 1. The Morgan fingerprint density at radius 2 is 1.74 bits per heavy atom. The van der Waals surface area contributed by atoms with Crippen LogP contribution in [0, 0.1) is 6.92 Å². The van der Waals surface area contributed by atoms with Gasteiger partial charge in [0.1, 0.15) is 11.4 Å². The van der Waals surface area contributed by atoms with Crippen molar-refractivity contribution in [1.82, 2.24) is 0 Å². The number of esters is 1. The summed E-state index contributed by atoms with van der Waals surface area (Å²) in [4.78, 5) is 36.3. The van der Waals surface area contributed by atoms with Gasteiger partial charge >= 0.3 is 5.97 Å². The molecule has 1 N–H and O–H groups in total. The molecule has 0 fully saturated rings. The molecule has 1 atom stereocenters. The van der Waals surface area contributed by atoms with Crippen molar-refractivity contribution in [3.63, 3.8) is 0 Å². The Morgan fingerprint density at radius 1 is 1.06 bits per heavy atom. The Kier molecular flexibility index (Phi) is 6.90. The van der Waals surface area contributed by atoms with Crippen LogP contribution < -0.4 is 5.32 Å². The second-order valence-electron chi connectivity index (χ2n) is 7.68. The van der Waals surface area contributed by atoms with E-state index >= 15 is 0 Å². The van der Waals surface area contributed by atoms with Crippen LogP contribution in [0.4, 0.5) is 5.69 Å². The van der Waals surface area contributed by atoms with Crippen LogP contribution in [0.15, 0.2) is 46.9 Å². The molecule has 31 heavy (non-hydrogen) atoms. The molecule has 1 amide bonds. The first-order valence-electron chi connectivity index (χ1n) is 10.4. The van der Waals surface area contributed by atoms with Gasteiger partial charge in [-0.05, 0) is 69.0 Å². The summed E-state index contributed by atoms with van der Waals surface area (Å²) in [6.45, 7) is 6.91. The van der Waals surface area contributed by atoms with Gasteiger partial charge in [-0.15, -0.1) is 0 Å². The average Bonchev–Trinajstić information content (AvgIpc) is 3.08. The molecule has 6 nitrogen and oxygen atoms in total. The molecule has 2 aromatic carbocycles. The zero-order valence-corrected chi connectivity index (χ0v) is 18.3. The number of rotatable bonds is 8. The molecule has 0 unspecified atom stereocenters. The zero-order valence-electron chi connectivity index (χ0n) is 18.3. The number of hydrogen-bond acceptors (Lipinski definition) is 5. The van der Waals surface area contributed by atoms with Gasteiger partial charge in [0.25, 0.3) is 5.91 Å².